The monoisotopic (exact) mass is 286 g/mol. The lowest BCUT2D eigenvalue weighted by Crippen LogP contribution is -2.28. The summed E-state index contributed by atoms with van der Waals surface area (Å²) >= 11 is 0. The molecule has 0 unspecified atom stereocenters. The number of nitrogens with two attached hydrogens (primary N) is 1. The lowest BCUT2D eigenvalue weighted by atomic mass is 10.1. The molecule has 0 aliphatic carbocycles. The molecule has 0 amide bonds. The molecule has 0 aliphatic heterocycles. The van der Waals surface area contributed by atoms with Crippen LogP contribution >= 0.6 is 0 Å². The number of hydrogen-bond donors (Lipinski definition) is 2. The predicted molar refractivity (Wildman–Crippen MR) is 76.3 cm³/mol. The topological polar surface area (TPSA) is 81.4 Å². The van der Waals surface area contributed by atoms with Crippen LogP contribution in [0.2, 0.25) is 0 Å². The Morgan fingerprint density at radius 3 is 2.42 bits per heavy atom. The molecular weight excluding hydrogens is 264 g/mol. The highest BCUT2D eigenvalue weighted by Gasteiger charge is 2.09. The fraction of sp³-hybridized carbons (Fsp3) is 0.538. The van der Waals surface area contributed by atoms with Crippen LogP contribution in [-0.2, 0) is 27.7 Å². The predicted octanol–water partition coefficient (Wildman–Crippen LogP) is 0.644. The van der Waals surface area contributed by atoms with Crippen LogP contribution in [0.15, 0.2) is 24.3 Å². The van der Waals surface area contributed by atoms with Gasteiger partial charge in [0.05, 0.1) is 12.4 Å². The number of ether oxygens (including phenoxy) is 1. The molecule has 0 fully saturated rings. The van der Waals surface area contributed by atoms with Gasteiger partial charge in [-0.15, -0.1) is 0 Å². The Morgan fingerprint density at radius 2 is 1.84 bits per heavy atom. The van der Waals surface area contributed by atoms with Crippen LogP contribution < -0.4 is 10.5 Å². The zero-order valence-electron chi connectivity index (χ0n) is 11.3. The molecular formula is C13H22N2O3S. The van der Waals surface area contributed by atoms with Crippen LogP contribution in [0.3, 0.4) is 0 Å². The second-order valence-corrected chi connectivity index (χ2v) is 6.12. The molecule has 19 heavy (non-hydrogen) atoms. The van der Waals surface area contributed by atoms with E-state index in [1.165, 1.54) is 0 Å². The van der Waals surface area contributed by atoms with E-state index in [9.17, 15) is 8.42 Å². The molecule has 108 valence electrons. The van der Waals surface area contributed by atoms with Gasteiger partial charge in [-0.2, -0.15) is 0 Å². The highest BCUT2D eigenvalue weighted by atomic mass is 32.2. The van der Waals surface area contributed by atoms with Crippen LogP contribution in [-0.4, -0.2) is 33.9 Å². The highest BCUT2D eigenvalue weighted by molar-refractivity contribution is 7.89. The summed E-state index contributed by atoms with van der Waals surface area (Å²) in [6, 6.07) is 7.76. The Hall–Kier alpha value is -0.950. The molecule has 0 radical (unpaired) electrons. The molecule has 0 aliphatic rings. The third-order valence-electron chi connectivity index (χ3n) is 2.65. The first-order valence-electron chi connectivity index (χ1n) is 6.40. The summed E-state index contributed by atoms with van der Waals surface area (Å²) in [5.74, 6) is -0.00784. The second-order valence-electron chi connectivity index (χ2n) is 4.19. The van der Waals surface area contributed by atoms with Crippen LogP contribution in [0.1, 0.15) is 18.1 Å². The fourth-order valence-electron chi connectivity index (χ4n) is 1.57. The minimum atomic E-state index is -3.27. The Balaban J connectivity index is 2.42. The normalized spacial score (nSPS) is 11.7. The van der Waals surface area contributed by atoms with Gasteiger partial charge in [0.1, 0.15) is 0 Å². The third-order valence-corrected chi connectivity index (χ3v) is 3.94. The molecule has 5 nitrogen and oxygen atoms in total. The molecule has 0 aromatic heterocycles. The third kappa shape index (κ3) is 6.68. The van der Waals surface area contributed by atoms with Crippen molar-refractivity contribution in [1.29, 1.82) is 0 Å². The van der Waals surface area contributed by atoms with Crippen molar-refractivity contribution in [3.63, 3.8) is 0 Å². The molecule has 0 saturated carbocycles. The van der Waals surface area contributed by atoms with Crippen molar-refractivity contribution in [3.8, 4) is 0 Å². The van der Waals surface area contributed by atoms with Crippen LogP contribution in [0, 0.1) is 0 Å². The van der Waals surface area contributed by atoms with Gasteiger partial charge in [-0.1, -0.05) is 24.3 Å². The number of rotatable bonds is 9. The summed E-state index contributed by atoms with van der Waals surface area (Å²) in [7, 11) is -3.27. The van der Waals surface area contributed by atoms with Gasteiger partial charge in [-0.05, 0) is 31.0 Å². The average molecular weight is 286 g/mol. The lowest BCUT2D eigenvalue weighted by Gasteiger charge is -2.07. The molecule has 0 saturated heterocycles. The van der Waals surface area contributed by atoms with E-state index in [4.69, 9.17) is 10.5 Å². The zero-order chi connectivity index (χ0) is 14.1. The molecule has 1 aromatic carbocycles. The maximum absolute atomic E-state index is 11.6. The van der Waals surface area contributed by atoms with Gasteiger partial charge in [0.25, 0.3) is 0 Å². The molecule has 1 rings (SSSR count). The molecule has 0 spiro atoms. The van der Waals surface area contributed by atoms with Crippen molar-refractivity contribution in [2.45, 2.75) is 19.9 Å². The lowest BCUT2D eigenvalue weighted by molar-refractivity contribution is 0.163. The second kappa shape index (κ2) is 8.27. The van der Waals surface area contributed by atoms with E-state index in [1.807, 2.05) is 31.2 Å². The first-order chi connectivity index (χ1) is 9.07. The molecule has 3 N–H and O–H groups in total. The van der Waals surface area contributed by atoms with Crippen LogP contribution in [0.5, 0.6) is 0 Å². The molecule has 0 heterocycles. The van der Waals surface area contributed by atoms with Crippen molar-refractivity contribution in [2.75, 3.05) is 25.5 Å². The maximum Gasteiger partial charge on any atom is 0.214 e. The van der Waals surface area contributed by atoms with E-state index < -0.39 is 10.0 Å². The standard InChI is InChI=1S/C13H22N2O3S/c1-2-18-9-10-19(16,17)15-11-13-5-3-12(4-6-13)7-8-14/h3-6,15H,2,7-11,14H2,1H3. The van der Waals surface area contributed by atoms with E-state index in [-0.39, 0.29) is 12.4 Å². The van der Waals surface area contributed by atoms with Crippen molar-refractivity contribution >= 4 is 10.0 Å². The van der Waals surface area contributed by atoms with Gasteiger partial charge in [0, 0.05) is 13.2 Å². The van der Waals surface area contributed by atoms with Gasteiger partial charge in [-0.25, -0.2) is 13.1 Å². The summed E-state index contributed by atoms with van der Waals surface area (Å²) in [4.78, 5) is 0. The van der Waals surface area contributed by atoms with Gasteiger partial charge in [0.15, 0.2) is 0 Å². The van der Waals surface area contributed by atoms with Gasteiger partial charge in [0.2, 0.25) is 10.0 Å². The molecule has 0 atom stereocenters. The van der Waals surface area contributed by atoms with Crippen molar-refractivity contribution in [2.24, 2.45) is 5.73 Å². The van der Waals surface area contributed by atoms with Crippen molar-refractivity contribution in [1.82, 2.24) is 4.72 Å². The Bertz CT molecular complexity index is 457. The van der Waals surface area contributed by atoms with E-state index in [2.05, 4.69) is 4.72 Å². The van der Waals surface area contributed by atoms with Crippen LogP contribution in [0.4, 0.5) is 0 Å². The average Bonchev–Trinajstić information content (AvgIpc) is 2.39. The minimum Gasteiger partial charge on any atom is -0.381 e. The number of benzene rings is 1. The van der Waals surface area contributed by atoms with Crippen molar-refractivity contribution < 1.29 is 13.2 Å². The summed E-state index contributed by atoms with van der Waals surface area (Å²) in [6.45, 7) is 3.50. The number of sulfonamides is 1. The summed E-state index contributed by atoms with van der Waals surface area (Å²) < 4.78 is 30.9. The van der Waals surface area contributed by atoms with Gasteiger partial charge in [-0.3, -0.25) is 0 Å². The quantitative estimate of drug-likeness (QED) is 0.653. The molecule has 1 aromatic rings. The first kappa shape index (κ1) is 16.1. The fourth-order valence-corrected chi connectivity index (χ4v) is 2.44. The Labute approximate surface area is 115 Å². The zero-order valence-corrected chi connectivity index (χ0v) is 12.1. The van der Waals surface area contributed by atoms with Gasteiger partial charge >= 0.3 is 0 Å². The van der Waals surface area contributed by atoms with Crippen molar-refractivity contribution in [3.05, 3.63) is 35.4 Å². The largest absolute Gasteiger partial charge is 0.381 e. The van der Waals surface area contributed by atoms with E-state index >= 15 is 0 Å². The molecule has 0 bridgehead atoms. The smallest absolute Gasteiger partial charge is 0.214 e. The Morgan fingerprint density at radius 1 is 1.21 bits per heavy atom. The summed E-state index contributed by atoms with van der Waals surface area (Å²) in [5.41, 5.74) is 7.56. The van der Waals surface area contributed by atoms with Gasteiger partial charge < -0.3 is 10.5 Å². The van der Waals surface area contributed by atoms with E-state index in [0.717, 1.165) is 17.5 Å². The SMILES string of the molecule is CCOCCS(=O)(=O)NCc1ccc(CCN)cc1. The maximum atomic E-state index is 11.6. The first-order valence-corrected chi connectivity index (χ1v) is 8.05. The highest BCUT2D eigenvalue weighted by Crippen LogP contribution is 2.05. The number of hydrogen-bond acceptors (Lipinski definition) is 4. The summed E-state index contributed by atoms with van der Waals surface area (Å²) in [5, 5.41) is 0. The minimum absolute atomic E-state index is 0.00784. The van der Waals surface area contributed by atoms with Crippen LogP contribution in [0.25, 0.3) is 0 Å². The van der Waals surface area contributed by atoms with E-state index in [0.29, 0.717) is 19.7 Å². The van der Waals surface area contributed by atoms with E-state index in [1.54, 1.807) is 0 Å². The Kier molecular flexibility index (Phi) is 7.01. The summed E-state index contributed by atoms with van der Waals surface area (Å²) in [6.07, 6.45) is 0.834. The number of nitrogens with one attached hydrogen (secondary N) is 1. The molecule has 6 heteroatoms.